The molecular formula is C23H21N3O4S. The second-order valence-electron chi connectivity index (χ2n) is 6.62. The molecule has 8 heteroatoms. The molecule has 3 aromatic rings. The first-order valence-electron chi connectivity index (χ1n) is 9.42. The van der Waals surface area contributed by atoms with Gasteiger partial charge in [0.25, 0.3) is 5.91 Å². The van der Waals surface area contributed by atoms with Crippen molar-refractivity contribution in [3.8, 4) is 0 Å². The van der Waals surface area contributed by atoms with Crippen molar-refractivity contribution in [2.45, 2.75) is 5.75 Å². The number of benzene rings is 3. The second kappa shape index (κ2) is 10.9. The SMILES string of the molecule is CS(=O)Cc1cccc(C(=O)OCC(=O)Nc2ccc(N=Nc3ccccc3)cc2)c1. The largest absolute Gasteiger partial charge is 0.452 e. The molecule has 0 aliphatic carbocycles. The minimum atomic E-state index is -1.01. The fourth-order valence-electron chi connectivity index (χ4n) is 2.66. The fraction of sp³-hybridized carbons (Fsp3) is 0.130. The van der Waals surface area contributed by atoms with Crippen LogP contribution in [0.1, 0.15) is 15.9 Å². The van der Waals surface area contributed by atoms with Crippen molar-refractivity contribution in [2.24, 2.45) is 10.2 Å². The maximum absolute atomic E-state index is 12.2. The quantitative estimate of drug-likeness (QED) is 0.407. The minimum absolute atomic E-state index is 0.309. The Morgan fingerprint density at radius 3 is 2.26 bits per heavy atom. The highest BCUT2D eigenvalue weighted by Crippen LogP contribution is 2.20. The van der Waals surface area contributed by atoms with Crippen LogP contribution < -0.4 is 5.32 Å². The molecule has 1 amide bonds. The molecule has 0 aromatic heterocycles. The zero-order valence-electron chi connectivity index (χ0n) is 16.9. The van der Waals surface area contributed by atoms with Gasteiger partial charge in [0, 0.05) is 28.5 Å². The summed E-state index contributed by atoms with van der Waals surface area (Å²) >= 11 is 0. The Kier molecular flexibility index (Phi) is 7.78. The molecule has 31 heavy (non-hydrogen) atoms. The second-order valence-corrected chi connectivity index (χ2v) is 8.06. The number of hydrogen-bond donors (Lipinski definition) is 1. The molecule has 0 aliphatic heterocycles. The van der Waals surface area contributed by atoms with Gasteiger partial charge in [0.1, 0.15) is 0 Å². The van der Waals surface area contributed by atoms with Crippen LogP contribution in [0, 0.1) is 0 Å². The Balaban J connectivity index is 1.50. The molecule has 0 saturated heterocycles. The number of nitrogens with one attached hydrogen (secondary N) is 1. The summed E-state index contributed by atoms with van der Waals surface area (Å²) < 4.78 is 16.4. The number of azo groups is 1. The van der Waals surface area contributed by atoms with Gasteiger partial charge in [-0.2, -0.15) is 10.2 Å². The van der Waals surface area contributed by atoms with Gasteiger partial charge >= 0.3 is 5.97 Å². The first-order chi connectivity index (χ1) is 15.0. The van der Waals surface area contributed by atoms with Gasteiger partial charge in [0.15, 0.2) is 6.61 Å². The van der Waals surface area contributed by atoms with Crippen LogP contribution in [0.2, 0.25) is 0 Å². The minimum Gasteiger partial charge on any atom is -0.452 e. The van der Waals surface area contributed by atoms with Gasteiger partial charge in [-0.1, -0.05) is 30.3 Å². The summed E-state index contributed by atoms with van der Waals surface area (Å²) in [6.45, 7) is -0.418. The standard InChI is InChI=1S/C23H21N3O4S/c1-31(29)16-17-6-5-7-18(14-17)23(28)30-15-22(27)24-19-10-12-21(13-11-19)26-25-20-8-3-2-4-9-20/h2-14H,15-16H2,1H3,(H,24,27). The number of amides is 1. The van der Waals surface area contributed by atoms with Crippen LogP contribution in [0.5, 0.6) is 0 Å². The van der Waals surface area contributed by atoms with Gasteiger partial charge in [-0.05, 0) is 54.1 Å². The highest BCUT2D eigenvalue weighted by Gasteiger charge is 2.11. The zero-order valence-corrected chi connectivity index (χ0v) is 17.7. The number of nitrogens with zero attached hydrogens (tertiary/aromatic N) is 2. The summed E-state index contributed by atoms with van der Waals surface area (Å²) in [4.78, 5) is 24.3. The van der Waals surface area contributed by atoms with E-state index in [2.05, 4.69) is 15.5 Å². The van der Waals surface area contributed by atoms with E-state index in [9.17, 15) is 13.8 Å². The van der Waals surface area contributed by atoms with Crippen molar-refractivity contribution in [3.63, 3.8) is 0 Å². The Labute approximate surface area is 182 Å². The van der Waals surface area contributed by atoms with Gasteiger partial charge in [-0.15, -0.1) is 0 Å². The van der Waals surface area contributed by atoms with Crippen molar-refractivity contribution in [1.29, 1.82) is 0 Å². The molecule has 0 bridgehead atoms. The zero-order chi connectivity index (χ0) is 22.1. The van der Waals surface area contributed by atoms with E-state index < -0.39 is 29.3 Å². The molecule has 0 fully saturated rings. The number of carbonyl (C=O) groups excluding carboxylic acids is 2. The van der Waals surface area contributed by atoms with Gasteiger partial charge in [0.2, 0.25) is 0 Å². The van der Waals surface area contributed by atoms with Crippen LogP contribution in [0.15, 0.2) is 89.1 Å². The van der Waals surface area contributed by atoms with Crippen molar-refractivity contribution < 1.29 is 18.5 Å². The Morgan fingerprint density at radius 1 is 0.903 bits per heavy atom. The maximum Gasteiger partial charge on any atom is 0.338 e. The molecule has 1 unspecified atom stereocenters. The predicted molar refractivity (Wildman–Crippen MR) is 120 cm³/mol. The number of carbonyl (C=O) groups is 2. The van der Waals surface area contributed by atoms with E-state index in [1.165, 1.54) is 0 Å². The van der Waals surface area contributed by atoms with E-state index in [0.29, 0.717) is 22.7 Å². The van der Waals surface area contributed by atoms with E-state index in [4.69, 9.17) is 4.74 Å². The maximum atomic E-state index is 12.2. The van der Waals surface area contributed by atoms with Crippen LogP contribution in [-0.4, -0.2) is 28.9 Å². The highest BCUT2D eigenvalue weighted by molar-refractivity contribution is 7.83. The lowest BCUT2D eigenvalue weighted by atomic mass is 10.1. The summed E-state index contributed by atoms with van der Waals surface area (Å²) in [6, 6.07) is 22.9. The normalized spacial score (nSPS) is 11.8. The Bertz CT molecular complexity index is 1100. The van der Waals surface area contributed by atoms with Gasteiger partial charge in [-0.3, -0.25) is 9.00 Å². The van der Waals surface area contributed by atoms with Crippen molar-refractivity contribution in [2.75, 3.05) is 18.2 Å². The van der Waals surface area contributed by atoms with E-state index in [-0.39, 0.29) is 0 Å². The molecule has 0 heterocycles. The lowest BCUT2D eigenvalue weighted by Gasteiger charge is -2.07. The Morgan fingerprint density at radius 2 is 1.58 bits per heavy atom. The molecule has 1 N–H and O–H groups in total. The molecule has 0 spiro atoms. The molecule has 3 rings (SSSR count). The first kappa shape index (κ1) is 22.0. The molecule has 0 aliphatic rings. The summed E-state index contributed by atoms with van der Waals surface area (Å²) in [5.41, 5.74) is 3.01. The average molecular weight is 436 g/mol. The lowest BCUT2D eigenvalue weighted by Crippen LogP contribution is -2.20. The number of esters is 1. The third-order valence-electron chi connectivity index (χ3n) is 4.06. The molecule has 158 valence electrons. The fourth-order valence-corrected chi connectivity index (χ4v) is 3.30. The number of anilines is 1. The van der Waals surface area contributed by atoms with E-state index >= 15 is 0 Å². The highest BCUT2D eigenvalue weighted by atomic mass is 32.2. The molecular weight excluding hydrogens is 414 g/mol. The number of rotatable bonds is 8. The van der Waals surface area contributed by atoms with Crippen LogP contribution in [0.25, 0.3) is 0 Å². The summed E-state index contributed by atoms with van der Waals surface area (Å²) in [7, 11) is -1.01. The third-order valence-corrected chi connectivity index (χ3v) is 4.80. The lowest BCUT2D eigenvalue weighted by molar-refractivity contribution is -0.119. The smallest absolute Gasteiger partial charge is 0.338 e. The molecule has 7 nitrogen and oxygen atoms in total. The van der Waals surface area contributed by atoms with Crippen LogP contribution in [0.3, 0.4) is 0 Å². The molecule has 0 radical (unpaired) electrons. The number of ether oxygens (including phenoxy) is 1. The van der Waals surface area contributed by atoms with Crippen LogP contribution >= 0.6 is 0 Å². The van der Waals surface area contributed by atoms with E-state index in [0.717, 1.165) is 11.3 Å². The monoisotopic (exact) mass is 435 g/mol. The molecule has 0 saturated carbocycles. The first-order valence-corrected chi connectivity index (χ1v) is 11.1. The average Bonchev–Trinajstić information content (AvgIpc) is 2.77. The summed E-state index contributed by atoms with van der Waals surface area (Å²) in [6.07, 6.45) is 1.59. The van der Waals surface area contributed by atoms with E-state index in [1.54, 1.807) is 54.8 Å². The predicted octanol–water partition coefficient (Wildman–Crippen LogP) is 4.78. The van der Waals surface area contributed by atoms with Crippen molar-refractivity contribution in [1.82, 2.24) is 0 Å². The topological polar surface area (TPSA) is 97.2 Å². The van der Waals surface area contributed by atoms with Crippen LogP contribution in [-0.2, 0) is 26.1 Å². The molecule has 1 atom stereocenters. The number of hydrogen-bond acceptors (Lipinski definition) is 6. The van der Waals surface area contributed by atoms with Crippen molar-refractivity contribution in [3.05, 3.63) is 90.0 Å². The third kappa shape index (κ3) is 7.27. The van der Waals surface area contributed by atoms with Gasteiger partial charge in [-0.25, -0.2) is 4.79 Å². The van der Waals surface area contributed by atoms with Crippen molar-refractivity contribution >= 4 is 39.7 Å². The molecule has 3 aromatic carbocycles. The van der Waals surface area contributed by atoms with Gasteiger partial charge < -0.3 is 10.1 Å². The van der Waals surface area contributed by atoms with E-state index in [1.807, 2.05) is 30.3 Å². The van der Waals surface area contributed by atoms with Gasteiger partial charge in [0.05, 0.1) is 16.9 Å². The Hall–Kier alpha value is -3.65. The van der Waals surface area contributed by atoms with Crippen LogP contribution in [0.4, 0.5) is 17.1 Å². The summed E-state index contributed by atoms with van der Waals surface area (Å²) in [5.74, 6) is -0.726. The summed E-state index contributed by atoms with van der Waals surface area (Å²) in [5, 5.41) is 10.9.